The quantitative estimate of drug-likeness (QED) is 0.938. The molecule has 3 rings (SSSR count). The monoisotopic (exact) mass is 332 g/mol. The van der Waals surface area contributed by atoms with Gasteiger partial charge in [-0.05, 0) is 38.1 Å². The number of carbonyl (C=O) groups is 1. The molecule has 1 aliphatic heterocycles. The molecule has 0 spiro atoms. The first-order valence-corrected chi connectivity index (χ1v) is 7.98. The maximum atomic E-state index is 13.0. The number of urea groups is 1. The van der Waals surface area contributed by atoms with Crippen molar-refractivity contribution >= 4 is 6.03 Å². The highest BCUT2D eigenvalue weighted by atomic mass is 19.1. The Hall–Kier alpha value is -2.41. The zero-order chi connectivity index (χ0) is 17.1. The van der Waals surface area contributed by atoms with Gasteiger partial charge in [0.2, 0.25) is 0 Å². The van der Waals surface area contributed by atoms with E-state index in [1.165, 1.54) is 12.1 Å². The van der Waals surface area contributed by atoms with Crippen molar-refractivity contribution in [2.75, 3.05) is 19.7 Å². The summed E-state index contributed by atoms with van der Waals surface area (Å²) >= 11 is 0. The van der Waals surface area contributed by atoms with Crippen molar-refractivity contribution in [2.45, 2.75) is 26.5 Å². The van der Waals surface area contributed by atoms with Gasteiger partial charge in [0.25, 0.3) is 0 Å². The van der Waals surface area contributed by atoms with Gasteiger partial charge in [-0.2, -0.15) is 5.10 Å². The topological polar surface area (TPSA) is 59.4 Å². The van der Waals surface area contributed by atoms with Gasteiger partial charge < -0.3 is 15.0 Å². The lowest BCUT2D eigenvalue weighted by Gasteiger charge is -2.31. The molecule has 1 N–H and O–H groups in total. The molecule has 128 valence electrons. The highest BCUT2D eigenvalue weighted by Crippen LogP contribution is 2.13. The number of hydrogen-bond acceptors (Lipinski definition) is 3. The number of rotatable bonds is 3. The lowest BCUT2D eigenvalue weighted by atomic mass is 10.2. The average molecular weight is 332 g/mol. The fourth-order valence-corrected chi connectivity index (χ4v) is 2.68. The first-order valence-electron chi connectivity index (χ1n) is 7.98. The molecule has 24 heavy (non-hydrogen) atoms. The molecule has 0 radical (unpaired) electrons. The van der Waals surface area contributed by atoms with Crippen LogP contribution < -0.4 is 5.32 Å². The summed E-state index contributed by atoms with van der Waals surface area (Å²) in [6.07, 6.45) is 1.91. The van der Waals surface area contributed by atoms with Gasteiger partial charge in [-0.25, -0.2) is 13.9 Å². The van der Waals surface area contributed by atoms with Crippen molar-refractivity contribution in [2.24, 2.45) is 0 Å². The number of amides is 2. The van der Waals surface area contributed by atoms with Crippen LogP contribution in [0.15, 0.2) is 30.5 Å². The van der Waals surface area contributed by atoms with Crippen molar-refractivity contribution in [1.82, 2.24) is 20.0 Å². The molecular weight excluding hydrogens is 311 g/mol. The van der Waals surface area contributed by atoms with Crippen molar-refractivity contribution in [3.05, 3.63) is 47.5 Å². The Morgan fingerprint density at radius 2 is 2.17 bits per heavy atom. The molecule has 2 heterocycles. The zero-order valence-corrected chi connectivity index (χ0v) is 13.8. The largest absolute Gasteiger partial charge is 0.375 e. The summed E-state index contributed by atoms with van der Waals surface area (Å²) in [5.74, 6) is -0.283. The number of carbonyl (C=O) groups excluding carboxylic acids is 1. The van der Waals surface area contributed by atoms with Crippen molar-refractivity contribution in [3.63, 3.8) is 0 Å². The predicted octanol–water partition coefficient (Wildman–Crippen LogP) is 2.25. The van der Waals surface area contributed by atoms with E-state index in [9.17, 15) is 9.18 Å². The molecule has 2 aromatic rings. The van der Waals surface area contributed by atoms with Crippen LogP contribution in [-0.4, -0.2) is 46.5 Å². The number of nitrogens with zero attached hydrogens (tertiary/aromatic N) is 3. The highest BCUT2D eigenvalue weighted by Gasteiger charge is 2.21. The Morgan fingerprint density at radius 1 is 1.42 bits per heavy atom. The van der Waals surface area contributed by atoms with Crippen molar-refractivity contribution in [3.8, 4) is 5.69 Å². The molecule has 0 aliphatic carbocycles. The fraction of sp³-hybridized carbons (Fsp3) is 0.412. The smallest absolute Gasteiger partial charge is 0.317 e. The SMILES string of the molecule is Cc1nn(-c2ccc(F)cc2)cc1CNC(=O)N1CCOC(C)C1. The van der Waals surface area contributed by atoms with Crippen LogP contribution in [0.3, 0.4) is 0 Å². The van der Waals surface area contributed by atoms with E-state index in [4.69, 9.17) is 4.74 Å². The first kappa shape index (κ1) is 16.4. The third-order valence-corrected chi connectivity index (χ3v) is 4.05. The number of morpholine rings is 1. The van der Waals surface area contributed by atoms with Gasteiger partial charge in [0.05, 0.1) is 24.1 Å². The van der Waals surface area contributed by atoms with Gasteiger partial charge in [-0.15, -0.1) is 0 Å². The normalized spacial score (nSPS) is 17.8. The molecule has 1 unspecified atom stereocenters. The Kier molecular flexibility index (Phi) is 4.80. The van der Waals surface area contributed by atoms with Gasteiger partial charge >= 0.3 is 6.03 Å². The third-order valence-electron chi connectivity index (χ3n) is 4.05. The second-order valence-electron chi connectivity index (χ2n) is 5.95. The summed E-state index contributed by atoms with van der Waals surface area (Å²) in [6.45, 7) is 6.01. The predicted molar refractivity (Wildman–Crippen MR) is 87.5 cm³/mol. The molecule has 0 bridgehead atoms. The molecule has 1 aliphatic rings. The Labute approximate surface area is 140 Å². The number of hydrogen-bond donors (Lipinski definition) is 1. The second kappa shape index (κ2) is 7.00. The number of aryl methyl sites for hydroxylation is 1. The summed E-state index contributed by atoms with van der Waals surface area (Å²) < 4.78 is 20.1. The molecule has 2 amide bonds. The minimum Gasteiger partial charge on any atom is -0.375 e. The molecule has 6 nitrogen and oxygen atoms in total. The van der Waals surface area contributed by atoms with Crippen LogP contribution in [0.1, 0.15) is 18.2 Å². The van der Waals surface area contributed by atoms with Crippen LogP contribution >= 0.6 is 0 Å². The van der Waals surface area contributed by atoms with E-state index < -0.39 is 0 Å². The summed E-state index contributed by atoms with van der Waals surface area (Å²) in [5.41, 5.74) is 2.53. The van der Waals surface area contributed by atoms with E-state index in [-0.39, 0.29) is 18.0 Å². The minimum absolute atomic E-state index is 0.0625. The summed E-state index contributed by atoms with van der Waals surface area (Å²) in [5, 5.41) is 7.34. The first-order chi connectivity index (χ1) is 11.5. The number of halogens is 1. The highest BCUT2D eigenvalue weighted by molar-refractivity contribution is 5.74. The van der Waals surface area contributed by atoms with E-state index in [1.54, 1.807) is 21.7 Å². The number of aromatic nitrogens is 2. The second-order valence-corrected chi connectivity index (χ2v) is 5.95. The van der Waals surface area contributed by atoms with Crippen molar-refractivity contribution in [1.29, 1.82) is 0 Å². The molecule has 7 heteroatoms. The van der Waals surface area contributed by atoms with Gasteiger partial charge in [-0.3, -0.25) is 0 Å². The van der Waals surface area contributed by atoms with Crippen LogP contribution in [-0.2, 0) is 11.3 Å². The molecule has 1 aromatic carbocycles. The van der Waals surface area contributed by atoms with Gasteiger partial charge in [-0.1, -0.05) is 0 Å². The van der Waals surface area contributed by atoms with E-state index in [0.29, 0.717) is 26.2 Å². The number of ether oxygens (including phenoxy) is 1. The van der Waals surface area contributed by atoms with Gasteiger partial charge in [0.1, 0.15) is 5.82 Å². The standard InChI is InChI=1S/C17H21FN4O2/c1-12-10-21(7-8-24-12)17(23)19-9-14-11-22(20-13(14)2)16-5-3-15(18)4-6-16/h3-6,11-12H,7-10H2,1-2H3,(H,19,23). The molecule has 1 atom stereocenters. The van der Waals surface area contributed by atoms with Crippen LogP contribution in [0.4, 0.5) is 9.18 Å². The zero-order valence-electron chi connectivity index (χ0n) is 13.8. The van der Waals surface area contributed by atoms with Crippen LogP contribution in [0.2, 0.25) is 0 Å². The minimum atomic E-state index is -0.283. The lowest BCUT2D eigenvalue weighted by molar-refractivity contribution is -0.00352. The number of benzene rings is 1. The Balaban J connectivity index is 1.63. The van der Waals surface area contributed by atoms with Crippen LogP contribution in [0, 0.1) is 12.7 Å². The van der Waals surface area contributed by atoms with E-state index >= 15 is 0 Å². The lowest BCUT2D eigenvalue weighted by Crippen LogP contribution is -2.48. The van der Waals surface area contributed by atoms with Gasteiger partial charge in [0, 0.05) is 31.4 Å². The fourth-order valence-electron chi connectivity index (χ4n) is 2.68. The number of nitrogens with one attached hydrogen (secondary N) is 1. The average Bonchev–Trinajstić information content (AvgIpc) is 2.94. The molecule has 0 saturated carbocycles. The molecular formula is C17H21FN4O2. The van der Waals surface area contributed by atoms with Gasteiger partial charge in [0.15, 0.2) is 0 Å². The Bertz CT molecular complexity index is 714. The summed E-state index contributed by atoms with van der Waals surface area (Å²) in [6, 6.07) is 6.03. The summed E-state index contributed by atoms with van der Waals surface area (Å²) in [7, 11) is 0. The van der Waals surface area contributed by atoms with Crippen molar-refractivity contribution < 1.29 is 13.9 Å². The molecule has 1 aromatic heterocycles. The van der Waals surface area contributed by atoms with E-state index in [2.05, 4.69) is 10.4 Å². The van der Waals surface area contributed by atoms with Crippen LogP contribution in [0.25, 0.3) is 5.69 Å². The molecule has 1 fully saturated rings. The molecule has 1 saturated heterocycles. The summed E-state index contributed by atoms with van der Waals surface area (Å²) in [4.78, 5) is 14.0. The maximum absolute atomic E-state index is 13.0. The maximum Gasteiger partial charge on any atom is 0.317 e. The van der Waals surface area contributed by atoms with Crippen LogP contribution in [0.5, 0.6) is 0 Å². The Morgan fingerprint density at radius 3 is 2.88 bits per heavy atom. The van der Waals surface area contributed by atoms with E-state index in [1.807, 2.05) is 20.0 Å². The third kappa shape index (κ3) is 3.73. The van der Waals surface area contributed by atoms with E-state index in [0.717, 1.165) is 16.9 Å².